The maximum Gasteiger partial charge on any atom is 0.490 e. The second kappa shape index (κ2) is 11.0. The van der Waals surface area contributed by atoms with E-state index >= 15 is 0 Å². The lowest BCUT2D eigenvalue weighted by atomic mass is 9.60. The Bertz CT molecular complexity index is 887. The summed E-state index contributed by atoms with van der Waals surface area (Å²) in [5.41, 5.74) is -0.541. The van der Waals surface area contributed by atoms with Crippen molar-refractivity contribution in [3.8, 4) is 0 Å². The largest absolute Gasteiger partial charge is 0.490 e. The summed E-state index contributed by atoms with van der Waals surface area (Å²) in [6, 6.07) is 3.34. The van der Waals surface area contributed by atoms with Crippen molar-refractivity contribution in [2.75, 3.05) is 13.1 Å². The molecule has 1 amide bonds. The van der Waals surface area contributed by atoms with Gasteiger partial charge in [0, 0.05) is 12.6 Å². The van der Waals surface area contributed by atoms with E-state index in [0.717, 1.165) is 50.9 Å². The highest BCUT2D eigenvalue weighted by Crippen LogP contribution is 2.49. The third-order valence-corrected chi connectivity index (χ3v) is 5.93. The van der Waals surface area contributed by atoms with Crippen LogP contribution in [0.4, 0.5) is 35.5 Å². The number of halogens is 7. The first kappa shape index (κ1) is 28.7. The molecule has 0 bridgehead atoms. The summed E-state index contributed by atoms with van der Waals surface area (Å²) in [5.74, 6) is -4.00. The Kier molecular flexibility index (Phi) is 9.01. The Morgan fingerprint density at radius 2 is 1.69 bits per heavy atom. The van der Waals surface area contributed by atoms with Crippen LogP contribution in [0.5, 0.6) is 0 Å². The predicted octanol–water partition coefficient (Wildman–Crippen LogP) is 5.36. The molecule has 0 unspecified atom stereocenters. The molecule has 1 aromatic rings. The number of hydrogen-bond donors (Lipinski definition) is 2. The Morgan fingerprint density at radius 3 is 2.14 bits per heavy atom. The molecule has 1 heterocycles. The van der Waals surface area contributed by atoms with Crippen molar-refractivity contribution in [1.29, 1.82) is 0 Å². The van der Waals surface area contributed by atoms with Crippen LogP contribution in [0.15, 0.2) is 18.2 Å². The molecule has 13 heteroatoms. The van der Waals surface area contributed by atoms with E-state index in [0.29, 0.717) is 12.1 Å². The van der Waals surface area contributed by atoms with Gasteiger partial charge in [-0.25, -0.2) is 14.0 Å². The molecule has 2 aliphatic rings. The van der Waals surface area contributed by atoms with Crippen LogP contribution in [-0.2, 0) is 22.3 Å². The first-order valence-corrected chi connectivity index (χ1v) is 10.9. The van der Waals surface area contributed by atoms with Gasteiger partial charge < -0.3 is 15.2 Å². The fraction of sp³-hybridized carbons (Fsp3) is 0.636. The van der Waals surface area contributed by atoms with Crippen molar-refractivity contribution in [2.24, 2.45) is 5.41 Å². The number of amides is 1. The first-order chi connectivity index (χ1) is 16.0. The van der Waals surface area contributed by atoms with E-state index in [2.05, 4.69) is 10.2 Å². The van der Waals surface area contributed by atoms with Gasteiger partial charge in [0.25, 0.3) is 0 Å². The molecule has 1 saturated carbocycles. The summed E-state index contributed by atoms with van der Waals surface area (Å²) < 4.78 is 88.9. The molecule has 1 aliphatic carbocycles. The highest BCUT2D eigenvalue weighted by atomic mass is 19.4. The summed E-state index contributed by atoms with van der Waals surface area (Å²) in [4.78, 5) is 22.7. The van der Waals surface area contributed by atoms with E-state index in [-0.39, 0.29) is 23.7 Å². The van der Waals surface area contributed by atoms with Crippen LogP contribution in [0.2, 0.25) is 0 Å². The number of carbonyl (C=O) groups is 2. The normalized spacial score (nSPS) is 18.5. The predicted molar refractivity (Wildman–Crippen MR) is 110 cm³/mol. The van der Waals surface area contributed by atoms with E-state index in [9.17, 15) is 35.5 Å². The van der Waals surface area contributed by atoms with Gasteiger partial charge in [0.05, 0.1) is 11.7 Å². The fourth-order valence-electron chi connectivity index (χ4n) is 4.24. The number of aliphatic carboxylic acids is 1. The van der Waals surface area contributed by atoms with Gasteiger partial charge in [-0.3, -0.25) is 4.90 Å². The Hall–Kier alpha value is -2.57. The van der Waals surface area contributed by atoms with Crippen molar-refractivity contribution in [1.82, 2.24) is 10.2 Å². The van der Waals surface area contributed by atoms with Crippen LogP contribution in [0.3, 0.4) is 0 Å². The van der Waals surface area contributed by atoms with E-state index in [1.807, 2.05) is 0 Å². The summed E-state index contributed by atoms with van der Waals surface area (Å²) in [7, 11) is 0. The number of alkyl halides is 6. The van der Waals surface area contributed by atoms with Gasteiger partial charge in [-0.1, -0.05) is 6.07 Å². The number of carboxylic acids is 1. The lowest BCUT2D eigenvalue weighted by Gasteiger charge is -2.52. The smallest absolute Gasteiger partial charge is 0.475 e. The minimum absolute atomic E-state index is 0.129. The van der Waals surface area contributed by atoms with Crippen molar-refractivity contribution in [3.05, 3.63) is 35.1 Å². The fourth-order valence-corrected chi connectivity index (χ4v) is 4.24. The second-order valence-corrected chi connectivity index (χ2v) is 9.09. The first-order valence-electron chi connectivity index (χ1n) is 10.9. The summed E-state index contributed by atoms with van der Waals surface area (Å²) in [5, 5.41) is 10.0. The van der Waals surface area contributed by atoms with E-state index in [1.165, 1.54) is 6.07 Å². The monoisotopic (exact) mass is 516 g/mol. The number of hydrogen-bond acceptors (Lipinski definition) is 4. The summed E-state index contributed by atoms with van der Waals surface area (Å²) in [6.07, 6.45) is -6.61. The number of alkyl carbamates (subject to hydrolysis) is 1. The molecule has 1 aliphatic heterocycles. The number of carboxylic acid groups (broad SMARTS) is 1. The van der Waals surface area contributed by atoms with Gasteiger partial charge >= 0.3 is 24.4 Å². The Balaban J connectivity index is 0.000000540. The van der Waals surface area contributed by atoms with Crippen molar-refractivity contribution in [3.63, 3.8) is 0 Å². The van der Waals surface area contributed by atoms with Gasteiger partial charge in [0.15, 0.2) is 0 Å². The van der Waals surface area contributed by atoms with Gasteiger partial charge in [-0.15, -0.1) is 0 Å². The lowest BCUT2D eigenvalue weighted by molar-refractivity contribution is -0.192. The van der Waals surface area contributed by atoms with Gasteiger partial charge in [0.1, 0.15) is 5.82 Å². The zero-order valence-corrected chi connectivity index (χ0v) is 19.1. The van der Waals surface area contributed by atoms with Crippen molar-refractivity contribution >= 4 is 12.1 Å². The number of piperidine rings is 1. The Labute approximate surface area is 197 Å². The third kappa shape index (κ3) is 8.55. The van der Waals surface area contributed by atoms with Crippen LogP contribution >= 0.6 is 0 Å². The molecule has 3 rings (SSSR count). The van der Waals surface area contributed by atoms with Gasteiger partial charge in [-0.2, -0.15) is 26.3 Å². The minimum atomic E-state index is -5.08. The highest BCUT2D eigenvalue weighted by molar-refractivity contribution is 5.73. The summed E-state index contributed by atoms with van der Waals surface area (Å²) in [6.45, 7) is 5.54. The van der Waals surface area contributed by atoms with E-state index in [1.54, 1.807) is 13.8 Å². The topological polar surface area (TPSA) is 78.9 Å². The number of rotatable bonds is 4. The average Bonchev–Trinajstić information content (AvgIpc) is 2.68. The molecule has 1 aromatic carbocycles. The highest BCUT2D eigenvalue weighted by Gasteiger charge is 2.46. The molecule has 2 N–H and O–H groups in total. The van der Waals surface area contributed by atoms with Crippen LogP contribution in [0.1, 0.15) is 50.7 Å². The maximum absolute atomic E-state index is 13.4. The number of carbonyl (C=O) groups excluding carboxylic acids is 1. The molecule has 35 heavy (non-hydrogen) atoms. The summed E-state index contributed by atoms with van der Waals surface area (Å²) >= 11 is 0. The van der Waals surface area contributed by atoms with Crippen LogP contribution < -0.4 is 5.32 Å². The molecule has 0 aromatic heterocycles. The number of benzene rings is 1. The average molecular weight is 516 g/mol. The number of nitrogens with zero attached hydrogens (tertiary/aromatic N) is 1. The van der Waals surface area contributed by atoms with Crippen LogP contribution in [0, 0.1) is 11.2 Å². The quantitative estimate of drug-likeness (QED) is 0.527. The number of likely N-dealkylation sites (tertiary alicyclic amines) is 1. The zero-order chi connectivity index (χ0) is 26.6. The zero-order valence-electron chi connectivity index (χ0n) is 19.1. The molecular formula is C22H27F7N2O4. The van der Waals surface area contributed by atoms with E-state index in [4.69, 9.17) is 14.6 Å². The molecule has 1 spiro atoms. The number of nitrogens with one attached hydrogen (secondary N) is 1. The van der Waals surface area contributed by atoms with Crippen molar-refractivity contribution < 1.29 is 50.2 Å². The molecule has 0 atom stereocenters. The third-order valence-electron chi connectivity index (χ3n) is 5.93. The molecule has 1 saturated heterocycles. The lowest BCUT2D eigenvalue weighted by Crippen LogP contribution is -2.55. The minimum Gasteiger partial charge on any atom is -0.475 e. The number of ether oxygens (including phenoxy) is 1. The van der Waals surface area contributed by atoms with Crippen LogP contribution in [-0.4, -0.2) is 53.5 Å². The molecular weight excluding hydrogens is 489 g/mol. The van der Waals surface area contributed by atoms with Gasteiger partial charge in [0.2, 0.25) is 0 Å². The molecule has 2 fully saturated rings. The van der Waals surface area contributed by atoms with Crippen LogP contribution in [0.25, 0.3) is 0 Å². The SMILES string of the molecule is CC(C)OC(=O)NC1CC2(CCN(Cc3ccc(F)c(C(F)(F)F)c3)CC2)C1.O=C(O)C(F)(F)F. The Morgan fingerprint density at radius 1 is 1.14 bits per heavy atom. The maximum atomic E-state index is 13.4. The van der Waals surface area contributed by atoms with E-state index < -0.39 is 29.7 Å². The second-order valence-electron chi connectivity index (χ2n) is 9.09. The molecule has 6 nitrogen and oxygen atoms in total. The van der Waals surface area contributed by atoms with Crippen molar-refractivity contribution in [2.45, 2.75) is 70.6 Å². The standard InChI is InChI=1S/C20H26F4N2O2.C2HF3O2/c1-13(2)28-18(27)25-15-10-19(11-15)5-7-26(8-6-19)12-14-3-4-17(21)16(9-14)20(22,23)24;3-2(4,5)1(6)7/h3-4,9,13,15H,5-8,10-12H2,1-2H3,(H,25,27);(H,6,7). The molecule has 198 valence electrons. The van der Waals surface area contributed by atoms with Gasteiger partial charge in [-0.05, 0) is 75.7 Å². The molecule has 0 radical (unpaired) electrons.